The fourth-order valence-corrected chi connectivity index (χ4v) is 1.82. The number of benzene rings is 1. The Morgan fingerprint density at radius 3 is 2.17 bits per heavy atom. The summed E-state index contributed by atoms with van der Waals surface area (Å²) in [6.07, 6.45) is 0. The molecule has 0 aromatic heterocycles. The maximum Gasteiger partial charge on any atom is 0.162 e. The second-order valence-corrected chi connectivity index (χ2v) is 5.87. The molecule has 1 N–H and O–H groups in total. The lowest BCUT2D eigenvalue weighted by atomic mass is 9.97. The van der Waals surface area contributed by atoms with E-state index in [1.54, 1.807) is 20.3 Å². The monoisotopic (exact) mass is 271 g/mol. The molecule has 3 nitrogen and oxygen atoms in total. The van der Waals surface area contributed by atoms with Crippen LogP contribution in [0, 0.1) is 5.41 Å². The van der Waals surface area contributed by atoms with Crippen LogP contribution in [0.3, 0.4) is 0 Å². The molecule has 0 fully saturated rings. The van der Waals surface area contributed by atoms with Crippen LogP contribution in [0.4, 0.5) is 0 Å². The molecule has 0 unspecified atom stereocenters. The fourth-order valence-electron chi connectivity index (χ4n) is 1.60. The zero-order chi connectivity index (χ0) is 13.8. The Morgan fingerprint density at radius 2 is 1.67 bits per heavy atom. The number of halogens is 1. The molecule has 4 heteroatoms. The van der Waals surface area contributed by atoms with Crippen LogP contribution < -0.4 is 14.8 Å². The lowest BCUT2D eigenvalue weighted by molar-refractivity contribution is 0.353. The first-order chi connectivity index (χ1) is 8.37. The van der Waals surface area contributed by atoms with Gasteiger partial charge in [-0.25, -0.2) is 0 Å². The molecule has 1 aromatic carbocycles. The van der Waals surface area contributed by atoms with E-state index in [2.05, 4.69) is 26.1 Å². The van der Waals surface area contributed by atoms with E-state index in [1.807, 2.05) is 6.07 Å². The molecule has 18 heavy (non-hydrogen) atoms. The molecule has 0 amide bonds. The summed E-state index contributed by atoms with van der Waals surface area (Å²) in [6.45, 7) is 8.22. The van der Waals surface area contributed by atoms with Crippen LogP contribution in [0.5, 0.6) is 11.5 Å². The lowest BCUT2D eigenvalue weighted by Gasteiger charge is -2.19. The Balaban J connectivity index is 2.77. The number of rotatable bonds is 5. The number of nitrogens with one attached hydrogen (secondary N) is 1. The van der Waals surface area contributed by atoms with Crippen molar-refractivity contribution < 1.29 is 9.47 Å². The van der Waals surface area contributed by atoms with Gasteiger partial charge in [0.1, 0.15) is 0 Å². The third kappa shape index (κ3) is 4.39. The van der Waals surface area contributed by atoms with Crippen molar-refractivity contribution >= 4 is 11.6 Å². The molecular weight excluding hydrogens is 250 g/mol. The molecular formula is C14H22ClNO2. The first kappa shape index (κ1) is 15.1. The van der Waals surface area contributed by atoms with E-state index in [4.69, 9.17) is 21.1 Å². The van der Waals surface area contributed by atoms with E-state index in [0.29, 0.717) is 16.5 Å². The van der Waals surface area contributed by atoms with E-state index < -0.39 is 0 Å². The highest BCUT2D eigenvalue weighted by Gasteiger charge is 2.12. The second kappa shape index (κ2) is 6.30. The van der Waals surface area contributed by atoms with Crippen molar-refractivity contribution in [2.75, 3.05) is 20.8 Å². The first-order valence-electron chi connectivity index (χ1n) is 5.98. The van der Waals surface area contributed by atoms with E-state index in [0.717, 1.165) is 18.7 Å². The van der Waals surface area contributed by atoms with Gasteiger partial charge in [0, 0.05) is 24.2 Å². The molecule has 1 aromatic rings. The van der Waals surface area contributed by atoms with Crippen LogP contribution in [0.2, 0.25) is 5.02 Å². The molecule has 102 valence electrons. The quantitative estimate of drug-likeness (QED) is 0.889. The number of ether oxygens (including phenoxy) is 2. The molecule has 0 saturated carbocycles. The molecule has 0 aliphatic rings. The van der Waals surface area contributed by atoms with E-state index in [1.165, 1.54) is 0 Å². The summed E-state index contributed by atoms with van der Waals surface area (Å²) < 4.78 is 10.5. The van der Waals surface area contributed by atoms with Gasteiger partial charge >= 0.3 is 0 Å². The zero-order valence-corrected chi connectivity index (χ0v) is 12.5. The van der Waals surface area contributed by atoms with E-state index in [9.17, 15) is 0 Å². The van der Waals surface area contributed by atoms with Crippen molar-refractivity contribution in [3.8, 4) is 11.5 Å². The van der Waals surface area contributed by atoms with Gasteiger partial charge in [-0.05, 0) is 17.0 Å². The highest BCUT2D eigenvalue weighted by molar-refractivity contribution is 6.31. The van der Waals surface area contributed by atoms with Crippen molar-refractivity contribution in [2.45, 2.75) is 27.3 Å². The summed E-state index contributed by atoms with van der Waals surface area (Å²) in [5, 5.41) is 4.08. The summed E-state index contributed by atoms with van der Waals surface area (Å²) in [5.74, 6) is 1.36. The van der Waals surface area contributed by atoms with Gasteiger partial charge in [-0.15, -0.1) is 0 Å². The van der Waals surface area contributed by atoms with Gasteiger partial charge in [0.2, 0.25) is 0 Å². The van der Waals surface area contributed by atoms with Gasteiger partial charge in [-0.3, -0.25) is 0 Å². The van der Waals surface area contributed by atoms with Crippen LogP contribution in [-0.2, 0) is 6.54 Å². The minimum atomic E-state index is 0.253. The lowest BCUT2D eigenvalue weighted by Crippen LogP contribution is -2.26. The van der Waals surface area contributed by atoms with Crippen LogP contribution in [0.25, 0.3) is 0 Å². The standard InChI is InChI=1S/C14H22ClNO2/c1-14(2,3)9-16-8-10-6-12(17-4)13(18-5)7-11(10)15/h6-7,16H,8-9H2,1-5H3. The topological polar surface area (TPSA) is 30.5 Å². The van der Waals surface area contributed by atoms with E-state index >= 15 is 0 Å². The molecule has 0 saturated heterocycles. The largest absolute Gasteiger partial charge is 0.493 e. The van der Waals surface area contributed by atoms with Crippen LogP contribution >= 0.6 is 11.6 Å². The molecule has 0 aliphatic carbocycles. The Morgan fingerprint density at radius 1 is 1.11 bits per heavy atom. The van der Waals surface area contributed by atoms with Gasteiger partial charge in [0.05, 0.1) is 14.2 Å². The fraction of sp³-hybridized carbons (Fsp3) is 0.571. The average Bonchev–Trinajstić information content (AvgIpc) is 2.29. The molecule has 0 atom stereocenters. The maximum atomic E-state index is 6.21. The van der Waals surface area contributed by atoms with Gasteiger partial charge in [0.15, 0.2) is 11.5 Å². The predicted molar refractivity (Wildman–Crippen MR) is 75.7 cm³/mol. The highest BCUT2D eigenvalue weighted by atomic mass is 35.5. The first-order valence-corrected chi connectivity index (χ1v) is 6.36. The normalized spacial score (nSPS) is 11.4. The minimum Gasteiger partial charge on any atom is -0.493 e. The van der Waals surface area contributed by atoms with Crippen molar-refractivity contribution in [2.24, 2.45) is 5.41 Å². The van der Waals surface area contributed by atoms with Crippen molar-refractivity contribution in [1.82, 2.24) is 5.32 Å². The Bertz CT molecular complexity index is 400. The van der Waals surface area contributed by atoms with Gasteiger partial charge in [-0.2, -0.15) is 0 Å². The highest BCUT2D eigenvalue weighted by Crippen LogP contribution is 2.33. The van der Waals surface area contributed by atoms with Gasteiger partial charge in [-0.1, -0.05) is 32.4 Å². The number of hydrogen-bond acceptors (Lipinski definition) is 3. The van der Waals surface area contributed by atoms with Crippen LogP contribution in [-0.4, -0.2) is 20.8 Å². The molecule has 0 radical (unpaired) electrons. The molecule has 0 aliphatic heterocycles. The minimum absolute atomic E-state index is 0.253. The maximum absolute atomic E-state index is 6.21. The van der Waals surface area contributed by atoms with Gasteiger partial charge < -0.3 is 14.8 Å². The van der Waals surface area contributed by atoms with Crippen LogP contribution in [0.1, 0.15) is 26.3 Å². The average molecular weight is 272 g/mol. The summed E-state index contributed by atoms with van der Waals surface area (Å²) in [6, 6.07) is 3.70. The van der Waals surface area contributed by atoms with Crippen molar-refractivity contribution in [1.29, 1.82) is 0 Å². The third-order valence-corrected chi connectivity index (χ3v) is 2.88. The second-order valence-electron chi connectivity index (χ2n) is 5.46. The summed E-state index contributed by atoms with van der Waals surface area (Å²) in [4.78, 5) is 0. The number of hydrogen-bond donors (Lipinski definition) is 1. The smallest absolute Gasteiger partial charge is 0.162 e. The summed E-state index contributed by atoms with van der Waals surface area (Å²) >= 11 is 6.21. The Hall–Kier alpha value is -0.930. The summed E-state index contributed by atoms with van der Waals surface area (Å²) in [5.41, 5.74) is 1.27. The summed E-state index contributed by atoms with van der Waals surface area (Å²) in [7, 11) is 3.23. The Kier molecular flexibility index (Phi) is 5.29. The molecule has 0 spiro atoms. The van der Waals surface area contributed by atoms with Gasteiger partial charge in [0.25, 0.3) is 0 Å². The third-order valence-electron chi connectivity index (χ3n) is 2.52. The van der Waals surface area contributed by atoms with Crippen LogP contribution in [0.15, 0.2) is 12.1 Å². The van der Waals surface area contributed by atoms with Crippen molar-refractivity contribution in [3.05, 3.63) is 22.7 Å². The predicted octanol–water partition coefficient (Wildman–Crippen LogP) is 3.49. The number of methoxy groups -OCH3 is 2. The van der Waals surface area contributed by atoms with Crippen molar-refractivity contribution in [3.63, 3.8) is 0 Å². The zero-order valence-electron chi connectivity index (χ0n) is 11.8. The molecule has 0 bridgehead atoms. The SMILES string of the molecule is COc1cc(Cl)c(CNCC(C)(C)C)cc1OC. The Labute approximate surface area is 114 Å². The molecule has 0 heterocycles. The molecule has 1 rings (SSSR count). The van der Waals surface area contributed by atoms with E-state index in [-0.39, 0.29) is 5.41 Å².